The van der Waals surface area contributed by atoms with Gasteiger partial charge in [-0.1, -0.05) is 24.3 Å². The van der Waals surface area contributed by atoms with E-state index in [2.05, 4.69) is 14.8 Å². The zero-order valence-corrected chi connectivity index (χ0v) is 18.5. The molecule has 0 saturated carbocycles. The van der Waals surface area contributed by atoms with E-state index in [1.54, 1.807) is 42.9 Å². The number of hydrogen-bond donors (Lipinski definition) is 2. The Hall–Kier alpha value is -3.86. The van der Waals surface area contributed by atoms with Gasteiger partial charge in [0, 0.05) is 12.6 Å². The molecule has 0 aliphatic carbocycles. The fourth-order valence-electron chi connectivity index (χ4n) is 3.01. The Morgan fingerprint density at radius 2 is 1.75 bits per heavy atom. The second-order valence-electron chi connectivity index (χ2n) is 6.83. The first kappa shape index (κ1) is 22.8. The van der Waals surface area contributed by atoms with Gasteiger partial charge in [0.25, 0.3) is 21.5 Å². The smallest absolute Gasteiger partial charge is 0.325 e. The van der Waals surface area contributed by atoms with Crippen LogP contribution in [0.2, 0.25) is 0 Å². The SMILES string of the molecule is COC(=O)CNC(=O)c1cccc(S(=O)(=O)Nc2c(C)n(C)n(-c3ccccc3)c2=O)c1. The normalized spacial score (nSPS) is 11.1. The highest BCUT2D eigenvalue weighted by Crippen LogP contribution is 2.19. The molecule has 2 aromatic carbocycles. The fraction of sp³-hybridized carbons (Fsp3) is 0.190. The number of aromatic nitrogens is 2. The van der Waals surface area contributed by atoms with Gasteiger partial charge in [-0.05, 0) is 37.3 Å². The summed E-state index contributed by atoms with van der Waals surface area (Å²) in [5.74, 6) is -1.28. The Balaban J connectivity index is 1.92. The molecule has 1 aromatic heterocycles. The van der Waals surface area contributed by atoms with Gasteiger partial charge in [0.15, 0.2) is 0 Å². The van der Waals surface area contributed by atoms with Crippen molar-refractivity contribution in [2.24, 2.45) is 7.05 Å². The van der Waals surface area contributed by atoms with Crippen LogP contribution >= 0.6 is 0 Å². The largest absolute Gasteiger partial charge is 0.468 e. The maximum Gasteiger partial charge on any atom is 0.325 e. The minimum Gasteiger partial charge on any atom is -0.468 e. The lowest BCUT2D eigenvalue weighted by Crippen LogP contribution is -2.30. The van der Waals surface area contributed by atoms with Crippen LogP contribution in [0, 0.1) is 6.92 Å². The van der Waals surface area contributed by atoms with Crippen LogP contribution in [0.15, 0.2) is 64.3 Å². The molecule has 1 heterocycles. The Morgan fingerprint density at radius 1 is 1.06 bits per heavy atom. The van der Waals surface area contributed by atoms with Gasteiger partial charge in [-0.2, -0.15) is 0 Å². The van der Waals surface area contributed by atoms with Crippen LogP contribution < -0.4 is 15.6 Å². The molecule has 0 unspecified atom stereocenters. The molecule has 0 radical (unpaired) electrons. The molecule has 0 bridgehead atoms. The summed E-state index contributed by atoms with van der Waals surface area (Å²) in [7, 11) is -1.35. The first-order valence-corrected chi connectivity index (χ1v) is 11.0. The predicted molar refractivity (Wildman–Crippen MR) is 117 cm³/mol. The number of methoxy groups -OCH3 is 1. The van der Waals surface area contributed by atoms with E-state index in [4.69, 9.17) is 0 Å². The lowest BCUT2D eigenvalue weighted by Gasteiger charge is -2.09. The molecule has 11 heteroatoms. The second-order valence-corrected chi connectivity index (χ2v) is 8.51. The van der Waals surface area contributed by atoms with Crippen LogP contribution in [0.3, 0.4) is 0 Å². The van der Waals surface area contributed by atoms with Crippen molar-refractivity contribution < 1.29 is 22.7 Å². The third-order valence-electron chi connectivity index (χ3n) is 4.82. The number of amides is 1. The highest BCUT2D eigenvalue weighted by molar-refractivity contribution is 7.92. The third kappa shape index (κ3) is 4.57. The van der Waals surface area contributed by atoms with E-state index < -0.39 is 27.5 Å². The lowest BCUT2D eigenvalue weighted by atomic mass is 10.2. The standard InChI is InChI=1S/C21H22N4O6S/c1-14-19(21(28)25(24(14)2)16-9-5-4-6-10-16)23-32(29,30)17-11-7-8-15(12-17)20(27)22-13-18(26)31-3/h4-12,23H,13H2,1-3H3,(H,22,27). The summed E-state index contributed by atoms with van der Waals surface area (Å²) < 4.78 is 35.6. The van der Waals surface area contributed by atoms with Gasteiger partial charge in [0.05, 0.1) is 23.4 Å². The van der Waals surface area contributed by atoms with Crippen molar-refractivity contribution in [3.05, 3.63) is 76.2 Å². The molecular formula is C21H22N4O6S. The maximum absolute atomic E-state index is 13.0. The first-order valence-electron chi connectivity index (χ1n) is 9.47. The molecule has 2 N–H and O–H groups in total. The lowest BCUT2D eigenvalue weighted by molar-refractivity contribution is -0.139. The molecule has 0 fully saturated rings. The number of rotatable bonds is 7. The quantitative estimate of drug-likeness (QED) is 0.512. The Bertz CT molecular complexity index is 1330. The van der Waals surface area contributed by atoms with E-state index >= 15 is 0 Å². The van der Waals surface area contributed by atoms with Crippen molar-refractivity contribution in [1.82, 2.24) is 14.7 Å². The predicted octanol–water partition coefficient (Wildman–Crippen LogP) is 1.19. The number of benzene rings is 2. The summed E-state index contributed by atoms with van der Waals surface area (Å²) in [6.45, 7) is 1.27. The Morgan fingerprint density at radius 3 is 2.41 bits per heavy atom. The van der Waals surface area contributed by atoms with Gasteiger partial charge in [0.1, 0.15) is 12.2 Å². The Kier molecular flexibility index (Phi) is 6.49. The van der Waals surface area contributed by atoms with Crippen molar-refractivity contribution in [3.8, 4) is 5.69 Å². The van der Waals surface area contributed by atoms with Gasteiger partial charge < -0.3 is 10.1 Å². The van der Waals surface area contributed by atoms with Gasteiger partial charge in [-0.3, -0.25) is 23.8 Å². The van der Waals surface area contributed by atoms with Crippen molar-refractivity contribution >= 4 is 27.6 Å². The van der Waals surface area contributed by atoms with Crippen molar-refractivity contribution in [2.75, 3.05) is 18.4 Å². The molecule has 0 aliphatic heterocycles. The number of nitrogens with one attached hydrogen (secondary N) is 2. The van der Waals surface area contributed by atoms with Crippen LogP contribution in [-0.4, -0.2) is 43.3 Å². The Labute approximate surface area is 184 Å². The van der Waals surface area contributed by atoms with Crippen molar-refractivity contribution in [2.45, 2.75) is 11.8 Å². The third-order valence-corrected chi connectivity index (χ3v) is 6.17. The van der Waals surface area contributed by atoms with Gasteiger partial charge in [-0.15, -0.1) is 0 Å². The summed E-state index contributed by atoms with van der Waals surface area (Å²) in [6.07, 6.45) is 0. The summed E-state index contributed by atoms with van der Waals surface area (Å²) in [5, 5.41) is 2.34. The summed E-state index contributed by atoms with van der Waals surface area (Å²) in [5.41, 5.74) is 0.388. The molecular weight excluding hydrogens is 436 g/mol. The van der Waals surface area contributed by atoms with Crippen molar-refractivity contribution in [1.29, 1.82) is 0 Å². The molecule has 0 aliphatic rings. The first-order chi connectivity index (χ1) is 15.2. The maximum atomic E-state index is 13.0. The van der Waals surface area contributed by atoms with Crippen LogP contribution in [0.25, 0.3) is 5.69 Å². The topological polar surface area (TPSA) is 128 Å². The van der Waals surface area contributed by atoms with E-state index in [9.17, 15) is 22.8 Å². The number of carbonyl (C=O) groups excluding carboxylic acids is 2. The average molecular weight is 458 g/mol. The number of ether oxygens (including phenoxy) is 1. The monoisotopic (exact) mass is 458 g/mol. The zero-order valence-electron chi connectivity index (χ0n) is 17.7. The van der Waals surface area contributed by atoms with Crippen molar-refractivity contribution in [3.63, 3.8) is 0 Å². The molecule has 0 spiro atoms. The molecule has 3 rings (SSSR count). The molecule has 1 amide bonds. The number of para-hydroxylation sites is 1. The number of nitrogens with zero attached hydrogens (tertiary/aromatic N) is 2. The van der Waals surface area contributed by atoms with Crippen LogP contribution in [-0.2, 0) is 26.6 Å². The number of hydrogen-bond acceptors (Lipinski definition) is 6. The minimum atomic E-state index is -4.18. The van der Waals surface area contributed by atoms with E-state index in [1.165, 1.54) is 30.0 Å². The molecule has 0 atom stereocenters. The van der Waals surface area contributed by atoms with E-state index in [0.29, 0.717) is 11.4 Å². The average Bonchev–Trinajstić information content (AvgIpc) is 3.00. The molecule has 0 saturated heterocycles. The minimum absolute atomic E-state index is 0.0308. The zero-order chi connectivity index (χ0) is 23.5. The number of anilines is 1. The summed E-state index contributed by atoms with van der Waals surface area (Å²) in [4.78, 5) is 36.2. The highest BCUT2D eigenvalue weighted by atomic mass is 32.2. The molecule has 3 aromatic rings. The summed E-state index contributed by atoms with van der Waals surface area (Å²) in [6, 6.07) is 14.1. The molecule has 32 heavy (non-hydrogen) atoms. The molecule has 10 nitrogen and oxygen atoms in total. The number of carbonyl (C=O) groups is 2. The molecule has 168 valence electrons. The fourth-order valence-corrected chi connectivity index (χ4v) is 4.17. The van der Waals surface area contributed by atoms with Crippen LogP contribution in [0.4, 0.5) is 5.69 Å². The van der Waals surface area contributed by atoms with Crippen LogP contribution in [0.5, 0.6) is 0 Å². The van der Waals surface area contributed by atoms with E-state index in [-0.39, 0.29) is 22.7 Å². The van der Waals surface area contributed by atoms with E-state index in [0.717, 1.165) is 6.07 Å². The summed E-state index contributed by atoms with van der Waals surface area (Å²) >= 11 is 0. The van der Waals surface area contributed by atoms with Crippen LogP contribution in [0.1, 0.15) is 16.1 Å². The second kappa shape index (κ2) is 9.10. The van der Waals surface area contributed by atoms with E-state index in [1.807, 2.05) is 6.07 Å². The number of esters is 1. The highest BCUT2D eigenvalue weighted by Gasteiger charge is 2.23. The van der Waals surface area contributed by atoms with Gasteiger partial charge in [-0.25, -0.2) is 13.1 Å². The van der Waals surface area contributed by atoms with Gasteiger partial charge >= 0.3 is 5.97 Å². The number of sulfonamides is 1. The van der Waals surface area contributed by atoms with Gasteiger partial charge in [0.2, 0.25) is 0 Å².